The zero-order chi connectivity index (χ0) is 22.8. The number of benzene rings is 1. The summed E-state index contributed by atoms with van der Waals surface area (Å²) < 4.78 is 6.32. The minimum absolute atomic E-state index is 0.0583. The Morgan fingerprint density at radius 3 is 2.85 bits per heavy atom. The molecule has 8 heteroatoms. The van der Waals surface area contributed by atoms with E-state index >= 15 is 0 Å². The number of rotatable bonds is 6. The van der Waals surface area contributed by atoms with Crippen molar-refractivity contribution < 1.29 is 9.84 Å². The van der Waals surface area contributed by atoms with Crippen molar-refractivity contribution in [2.24, 2.45) is 0 Å². The van der Waals surface area contributed by atoms with Crippen LogP contribution in [0.3, 0.4) is 0 Å². The molecule has 3 N–H and O–H groups in total. The summed E-state index contributed by atoms with van der Waals surface area (Å²) in [5.41, 5.74) is 3.16. The van der Waals surface area contributed by atoms with E-state index in [0.29, 0.717) is 12.5 Å². The van der Waals surface area contributed by atoms with E-state index in [1.165, 1.54) is 0 Å². The molecule has 1 aromatic carbocycles. The fraction of sp³-hybridized carbons (Fsp3) is 0.400. The van der Waals surface area contributed by atoms with Gasteiger partial charge in [0.25, 0.3) is 0 Å². The third-order valence-corrected chi connectivity index (χ3v) is 6.58. The molecule has 5 rings (SSSR count). The number of likely N-dealkylation sites (tertiary alicyclic amines) is 1. The van der Waals surface area contributed by atoms with Gasteiger partial charge in [-0.2, -0.15) is 0 Å². The van der Waals surface area contributed by atoms with Gasteiger partial charge in [0.15, 0.2) is 0 Å². The molecular weight excluding hydrogens is 416 g/mol. The lowest BCUT2D eigenvalue weighted by molar-refractivity contribution is 0.115. The van der Waals surface area contributed by atoms with E-state index < -0.39 is 0 Å². The summed E-state index contributed by atoms with van der Waals surface area (Å²) >= 11 is 0. The molecule has 2 aliphatic rings. The molecule has 0 aliphatic carbocycles. The van der Waals surface area contributed by atoms with Gasteiger partial charge in [0, 0.05) is 48.6 Å². The first-order chi connectivity index (χ1) is 16.0. The zero-order valence-electron chi connectivity index (χ0n) is 19.1. The van der Waals surface area contributed by atoms with Gasteiger partial charge < -0.3 is 25.4 Å². The first-order valence-corrected chi connectivity index (χ1v) is 11.4. The average Bonchev–Trinajstić information content (AvgIpc) is 3.18. The Kier molecular flexibility index (Phi) is 5.86. The Bertz CT molecular complexity index is 1130. The quantitative estimate of drug-likeness (QED) is 0.530. The number of aliphatic hydroxyl groups is 1. The summed E-state index contributed by atoms with van der Waals surface area (Å²) in [7, 11) is 2.15. The van der Waals surface area contributed by atoms with Crippen molar-refractivity contribution in [2.75, 3.05) is 43.9 Å². The average molecular weight is 447 g/mol. The number of aromatic nitrogens is 3. The molecule has 0 bridgehead atoms. The van der Waals surface area contributed by atoms with E-state index in [0.717, 1.165) is 60.0 Å². The van der Waals surface area contributed by atoms with E-state index in [9.17, 15) is 5.11 Å². The smallest absolute Gasteiger partial charge is 0.227 e. The predicted molar refractivity (Wildman–Crippen MR) is 129 cm³/mol. The number of aliphatic hydroxyl groups excluding tert-OH is 1. The first-order valence-electron chi connectivity index (χ1n) is 11.4. The molecule has 0 amide bonds. The van der Waals surface area contributed by atoms with Crippen molar-refractivity contribution in [1.82, 2.24) is 19.9 Å². The molecule has 0 saturated carbocycles. The number of piperidine rings is 1. The molecule has 1 unspecified atom stereocenters. The Morgan fingerprint density at radius 2 is 2.03 bits per heavy atom. The van der Waals surface area contributed by atoms with E-state index in [1.807, 2.05) is 37.3 Å². The normalized spacial score (nSPS) is 20.8. The fourth-order valence-corrected chi connectivity index (χ4v) is 4.38. The van der Waals surface area contributed by atoms with Gasteiger partial charge in [0.1, 0.15) is 17.7 Å². The van der Waals surface area contributed by atoms with E-state index in [2.05, 4.69) is 38.6 Å². The van der Waals surface area contributed by atoms with Crippen molar-refractivity contribution in [3.05, 3.63) is 54.4 Å². The number of para-hydroxylation sites is 2. The van der Waals surface area contributed by atoms with Crippen molar-refractivity contribution in [3.63, 3.8) is 0 Å². The summed E-state index contributed by atoms with van der Waals surface area (Å²) in [6, 6.07) is 11.8. The summed E-state index contributed by atoms with van der Waals surface area (Å²) in [5, 5.41) is 16.5. The Balaban J connectivity index is 1.37. The van der Waals surface area contributed by atoms with Crippen LogP contribution in [0.5, 0.6) is 5.75 Å². The maximum Gasteiger partial charge on any atom is 0.227 e. The number of nitrogens with one attached hydrogen (secondary N) is 2. The molecule has 33 heavy (non-hydrogen) atoms. The molecule has 4 heterocycles. The molecular formula is C25H30N6O2. The monoisotopic (exact) mass is 446 g/mol. The van der Waals surface area contributed by atoms with Gasteiger partial charge in [-0.1, -0.05) is 19.1 Å². The first kappa shape index (κ1) is 21.6. The molecule has 2 aliphatic heterocycles. The standard InChI is InChI=1S/C25H30N6O2/c1-25(16-32)15-28-23-19(25)13-17(14-27-23)20-7-10-26-24(29-20)30-21-5-3-4-6-22(21)33-18-8-11-31(2)12-9-18/h3-7,10,13-14,18,32H,8-9,11-12,15-16H2,1-2H3,(H,27,28)(H,26,29,30). The Labute approximate surface area is 194 Å². The van der Waals surface area contributed by atoms with Crippen molar-refractivity contribution >= 4 is 17.5 Å². The summed E-state index contributed by atoms with van der Waals surface area (Å²) in [6.07, 6.45) is 5.79. The highest BCUT2D eigenvalue weighted by Crippen LogP contribution is 2.37. The van der Waals surface area contributed by atoms with Crippen molar-refractivity contribution in [3.8, 4) is 17.0 Å². The highest BCUT2D eigenvalue weighted by atomic mass is 16.5. The number of hydrogen-bond donors (Lipinski definition) is 3. The summed E-state index contributed by atoms with van der Waals surface area (Å²) in [4.78, 5) is 16.0. The van der Waals surface area contributed by atoms with Crippen LogP contribution in [0, 0.1) is 0 Å². The topological polar surface area (TPSA) is 95.4 Å². The van der Waals surface area contributed by atoms with Crippen LogP contribution in [-0.4, -0.2) is 64.4 Å². The van der Waals surface area contributed by atoms with Crippen LogP contribution in [0.4, 0.5) is 17.5 Å². The van der Waals surface area contributed by atoms with Crippen LogP contribution in [0.1, 0.15) is 25.3 Å². The molecule has 3 aromatic rings. The van der Waals surface area contributed by atoms with Crippen molar-refractivity contribution in [1.29, 1.82) is 0 Å². The second-order valence-electron chi connectivity index (χ2n) is 9.20. The molecule has 8 nitrogen and oxygen atoms in total. The summed E-state index contributed by atoms with van der Waals surface area (Å²) in [5.74, 6) is 2.13. The molecule has 2 aromatic heterocycles. The molecule has 1 atom stereocenters. The lowest BCUT2D eigenvalue weighted by Gasteiger charge is -2.29. The number of fused-ring (bicyclic) bond motifs is 1. The number of anilines is 3. The lowest BCUT2D eigenvalue weighted by atomic mass is 9.85. The van der Waals surface area contributed by atoms with Gasteiger partial charge in [-0.25, -0.2) is 15.0 Å². The Hall–Kier alpha value is -3.23. The highest BCUT2D eigenvalue weighted by Gasteiger charge is 2.35. The minimum atomic E-state index is -0.351. The van der Waals surface area contributed by atoms with Gasteiger partial charge in [0.2, 0.25) is 5.95 Å². The van der Waals surface area contributed by atoms with Crippen LogP contribution < -0.4 is 15.4 Å². The molecule has 1 saturated heterocycles. The fourth-order valence-electron chi connectivity index (χ4n) is 4.38. The van der Waals surface area contributed by atoms with Crippen molar-refractivity contribution in [2.45, 2.75) is 31.3 Å². The second-order valence-corrected chi connectivity index (χ2v) is 9.20. The van der Waals surface area contributed by atoms with Gasteiger partial charge in [-0.3, -0.25) is 0 Å². The number of nitrogens with zero attached hydrogens (tertiary/aromatic N) is 4. The van der Waals surface area contributed by atoms with Crippen LogP contribution >= 0.6 is 0 Å². The third-order valence-electron chi connectivity index (χ3n) is 6.58. The van der Waals surface area contributed by atoms with Gasteiger partial charge >= 0.3 is 0 Å². The van der Waals surface area contributed by atoms with Crippen LogP contribution in [0.25, 0.3) is 11.3 Å². The van der Waals surface area contributed by atoms with E-state index in [-0.39, 0.29) is 18.1 Å². The highest BCUT2D eigenvalue weighted by molar-refractivity contribution is 5.68. The van der Waals surface area contributed by atoms with Crippen LogP contribution in [0.2, 0.25) is 0 Å². The maximum absolute atomic E-state index is 9.88. The SMILES string of the molecule is CN1CCC(Oc2ccccc2Nc2nccc(-c3cnc4c(c3)C(C)(CO)CN4)n2)CC1. The number of ether oxygens (including phenoxy) is 1. The maximum atomic E-state index is 9.88. The van der Waals surface area contributed by atoms with E-state index in [4.69, 9.17) is 9.72 Å². The predicted octanol–water partition coefficient (Wildman–Crippen LogP) is 3.43. The van der Waals surface area contributed by atoms with Gasteiger partial charge in [0.05, 0.1) is 18.0 Å². The minimum Gasteiger partial charge on any atom is -0.488 e. The molecule has 0 spiro atoms. The molecule has 1 fully saturated rings. The molecule has 172 valence electrons. The van der Waals surface area contributed by atoms with Crippen LogP contribution in [-0.2, 0) is 5.41 Å². The van der Waals surface area contributed by atoms with Crippen LogP contribution in [0.15, 0.2) is 48.8 Å². The molecule has 0 radical (unpaired) electrons. The largest absolute Gasteiger partial charge is 0.488 e. The Morgan fingerprint density at radius 1 is 1.21 bits per heavy atom. The third kappa shape index (κ3) is 4.49. The van der Waals surface area contributed by atoms with E-state index in [1.54, 1.807) is 12.4 Å². The van der Waals surface area contributed by atoms with Gasteiger partial charge in [-0.15, -0.1) is 0 Å². The summed E-state index contributed by atoms with van der Waals surface area (Å²) in [6.45, 7) is 4.85. The van der Waals surface area contributed by atoms with Gasteiger partial charge in [-0.05, 0) is 44.2 Å². The second kappa shape index (κ2) is 8.96. The zero-order valence-corrected chi connectivity index (χ0v) is 19.1. The number of pyridine rings is 1. The lowest BCUT2D eigenvalue weighted by Crippen LogP contribution is -2.35. The number of hydrogen-bond acceptors (Lipinski definition) is 8.